The van der Waals surface area contributed by atoms with Crippen molar-refractivity contribution in [3.63, 3.8) is 0 Å². The van der Waals surface area contributed by atoms with E-state index in [2.05, 4.69) is 15.7 Å². The Bertz CT molecular complexity index is 694. The van der Waals surface area contributed by atoms with E-state index in [9.17, 15) is 9.59 Å². The Hall–Kier alpha value is -2.15. The number of carbonyl (C=O) groups excluding carboxylic acids is 1. The number of rotatable bonds is 5. The normalized spacial score (nSPS) is 12.1. The highest BCUT2D eigenvalue weighted by Crippen LogP contribution is 2.16. The molecule has 1 N–H and O–H groups in total. The molecule has 0 saturated carbocycles. The van der Waals surface area contributed by atoms with Crippen molar-refractivity contribution in [3.8, 4) is 5.69 Å². The maximum Gasteiger partial charge on any atom is 0.369 e. The van der Waals surface area contributed by atoms with E-state index < -0.39 is 5.69 Å². The third-order valence-electron chi connectivity index (χ3n) is 3.03. The molecular formula is C13H16ClN5O2. The highest BCUT2D eigenvalue weighted by molar-refractivity contribution is 6.32. The van der Waals surface area contributed by atoms with E-state index in [1.165, 1.54) is 0 Å². The van der Waals surface area contributed by atoms with Gasteiger partial charge in [-0.2, -0.15) is 9.36 Å². The maximum atomic E-state index is 12.2. The summed E-state index contributed by atoms with van der Waals surface area (Å²) in [5.74, 6) is -0.280. The lowest BCUT2D eigenvalue weighted by atomic mass is 10.2. The van der Waals surface area contributed by atoms with Crippen molar-refractivity contribution in [2.75, 3.05) is 0 Å². The largest absolute Gasteiger partial charge is 0.369 e. The number of hydrogen-bond donors (Lipinski definition) is 1. The molecule has 0 aliphatic rings. The molecule has 0 spiro atoms. The van der Waals surface area contributed by atoms with Crippen LogP contribution in [-0.4, -0.2) is 31.7 Å². The molecule has 0 bridgehead atoms. The van der Waals surface area contributed by atoms with Crippen LogP contribution in [0, 0.1) is 0 Å². The van der Waals surface area contributed by atoms with Crippen LogP contribution in [0.1, 0.15) is 20.3 Å². The first kappa shape index (κ1) is 15.2. The van der Waals surface area contributed by atoms with Crippen molar-refractivity contribution in [1.82, 2.24) is 25.1 Å². The summed E-state index contributed by atoms with van der Waals surface area (Å²) in [6.45, 7) is 3.68. The third kappa shape index (κ3) is 3.49. The van der Waals surface area contributed by atoms with Gasteiger partial charge in [-0.3, -0.25) is 4.79 Å². The van der Waals surface area contributed by atoms with Gasteiger partial charge in [-0.25, -0.2) is 4.79 Å². The Morgan fingerprint density at radius 1 is 1.38 bits per heavy atom. The standard InChI is InChI=1S/C13H16ClN5O2/c1-3-9(2)15-12(20)8-18-13(21)19(17-16-18)11-7-5-4-6-10(11)14/h4-7,9H,3,8H2,1-2H3,(H,15,20)/t9-/m1/s1. The van der Waals surface area contributed by atoms with Crippen molar-refractivity contribution < 1.29 is 4.79 Å². The van der Waals surface area contributed by atoms with E-state index in [0.29, 0.717) is 10.7 Å². The molecule has 1 amide bonds. The van der Waals surface area contributed by atoms with Gasteiger partial charge in [0.2, 0.25) is 5.91 Å². The van der Waals surface area contributed by atoms with Gasteiger partial charge in [0.25, 0.3) is 0 Å². The Kier molecular flexibility index (Phi) is 4.74. The number of amides is 1. The quantitative estimate of drug-likeness (QED) is 0.893. The van der Waals surface area contributed by atoms with E-state index in [4.69, 9.17) is 11.6 Å². The average Bonchev–Trinajstić information content (AvgIpc) is 2.80. The fourth-order valence-electron chi connectivity index (χ4n) is 1.71. The van der Waals surface area contributed by atoms with Gasteiger partial charge in [-0.05, 0) is 35.9 Å². The van der Waals surface area contributed by atoms with Gasteiger partial charge < -0.3 is 5.32 Å². The summed E-state index contributed by atoms with van der Waals surface area (Å²) >= 11 is 6.02. The number of benzene rings is 1. The van der Waals surface area contributed by atoms with Crippen LogP contribution in [0.25, 0.3) is 5.69 Å². The van der Waals surface area contributed by atoms with Crippen LogP contribution in [0.2, 0.25) is 5.02 Å². The van der Waals surface area contributed by atoms with Gasteiger partial charge in [0.1, 0.15) is 6.54 Å². The average molecular weight is 310 g/mol. The Balaban J connectivity index is 2.20. The van der Waals surface area contributed by atoms with Gasteiger partial charge in [0.15, 0.2) is 0 Å². The van der Waals surface area contributed by atoms with Crippen molar-refractivity contribution in [2.45, 2.75) is 32.9 Å². The fraction of sp³-hybridized carbons (Fsp3) is 0.385. The first-order valence-corrected chi connectivity index (χ1v) is 6.97. The molecule has 2 rings (SSSR count). The molecule has 1 atom stereocenters. The Morgan fingerprint density at radius 3 is 2.76 bits per heavy atom. The SMILES string of the molecule is CC[C@@H](C)NC(=O)Cn1nnn(-c2ccccc2Cl)c1=O. The van der Waals surface area contributed by atoms with Crippen LogP contribution in [0.15, 0.2) is 29.1 Å². The number of hydrogen-bond acceptors (Lipinski definition) is 4. The molecule has 0 aliphatic carbocycles. The zero-order valence-electron chi connectivity index (χ0n) is 11.8. The molecule has 2 aromatic rings. The van der Waals surface area contributed by atoms with Crippen LogP contribution in [0.4, 0.5) is 0 Å². The van der Waals surface area contributed by atoms with Gasteiger partial charge in [0, 0.05) is 6.04 Å². The lowest BCUT2D eigenvalue weighted by Crippen LogP contribution is -2.37. The number of nitrogens with one attached hydrogen (secondary N) is 1. The van der Waals surface area contributed by atoms with E-state index >= 15 is 0 Å². The Morgan fingerprint density at radius 2 is 2.10 bits per heavy atom. The summed E-state index contributed by atoms with van der Waals surface area (Å²) in [7, 11) is 0. The fourth-order valence-corrected chi connectivity index (χ4v) is 1.92. The molecule has 7 nitrogen and oxygen atoms in total. The summed E-state index contributed by atoms with van der Waals surface area (Å²) in [4.78, 5) is 23.9. The molecule has 0 unspecified atom stereocenters. The van der Waals surface area contributed by atoms with E-state index in [1.54, 1.807) is 24.3 Å². The molecule has 1 heterocycles. The molecule has 8 heteroatoms. The Labute approximate surface area is 126 Å². The summed E-state index contributed by atoms with van der Waals surface area (Å²) in [5, 5.41) is 10.6. The molecule has 112 valence electrons. The van der Waals surface area contributed by atoms with Crippen molar-refractivity contribution in [2.24, 2.45) is 0 Å². The monoisotopic (exact) mass is 309 g/mol. The van der Waals surface area contributed by atoms with Crippen LogP contribution in [-0.2, 0) is 11.3 Å². The topological polar surface area (TPSA) is 81.8 Å². The predicted octanol–water partition coefficient (Wildman–Crippen LogP) is 0.997. The van der Waals surface area contributed by atoms with Gasteiger partial charge in [-0.1, -0.05) is 30.7 Å². The zero-order chi connectivity index (χ0) is 15.4. The van der Waals surface area contributed by atoms with E-state index in [1.807, 2.05) is 13.8 Å². The lowest BCUT2D eigenvalue weighted by Gasteiger charge is -2.10. The number of aromatic nitrogens is 4. The highest BCUT2D eigenvalue weighted by Gasteiger charge is 2.14. The van der Waals surface area contributed by atoms with E-state index in [-0.39, 0.29) is 18.5 Å². The highest BCUT2D eigenvalue weighted by atomic mass is 35.5. The summed E-state index contributed by atoms with van der Waals surface area (Å²) < 4.78 is 2.07. The van der Waals surface area contributed by atoms with E-state index in [0.717, 1.165) is 15.8 Å². The van der Waals surface area contributed by atoms with Crippen LogP contribution in [0.3, 0.4) is 0 Å². The summed E-state index contributed by atoms with van der Waals surface area (Å²) in [6, 6.07) is 6.84. The number of tetrazole rings is 1. The minimum absolute atomic E-state index is 0.0480. The maximum absolute atomic E-state index is 12.2. The summed E-state index contributed by atoms with van der Waals surface area (Å²) in [5.41, 5.74) is -0.0832. The second-order valence-corrected chi connectivity index (χ2v) is 5.07. The number of nitrogens with zero attached hydrogens (tertiary/aromatic N) is 4. The first-order valence-electron chi connectivity index (χ1n) is 6.60. The van der Waals surface area contributed by atoms with Crippen LogP contribution < -0.4 is 11.0 Å². The van der Waals surface area contributed by atoms with Gasteiger partial charge >= 0.3 is 5.69 Å². The second-order valence-electron chi connectivity index (χ2n) is 4.66. The van der Waals surface area contributed by atoms with Crippen molar-refractivity contribution >= 4 is 17.5 Å². The van der Waals surface area contributed by atoms with Crippen molar-refractivity contribution in [1.29, 1.82) is 0 Å². The molecule has 0 radical (unpaired) electrons. The molecular weight excluding hydrogens is 294 g/mol. The third-order valence-corrected chi connectivity index (χ3v) is 3.35. The summed E-state index contributed by atoms with van der Waals surface area (Å²) in [6.07, 6.45) is 0.812. The molecule has 1 aromatic carbocycles. The minimum Gasteiger partial charge on any atom is -0.352 e. The molecule has 0 aliphatic heterocycles. The minimum atomic E-state index is -0.512. The van der Waals surface area contributed by atoms with Crippen LogP contribution >= 0.6 is 11.6 Å². The van der Waals surface area contributed by atoms with Gasteiger partial charge in [-0.15, -0.1) is 0 Å². The number of halogens is 1. The van der Waals surface area contributed by atoms with Crippen LogP contribution in [0.5, 0.6) is 0 Å². The number of carbonyl (C=O) groups is 1. The first-order chi connectivity index (χ1) is 10.0. The zero-order valence-corrected chi connectivity index (χ0v) is 12.5. The second kappa shape index (κ2) is 6.53. The smallest absolute Gasteiger partial charge is 0.352 e. The molecule has 21 heavy (non-hydrogen) atoms. The molecule has 0 fully saturated rings. The molecule has 1 aromatic heterocycles. The lowest BCUT2D eigenvalue weighted by molar-refractivity contribution is -0.122. The predicted molar refractivity (Wildman–Crippen MR) is 78.5 cm³/mol. The van der Waals surface area contributed by atoms with Crippen molar-refractivity contribution in [3.05, 3.63) is 39.8 Å². The number of para-hydroxylation sites is 1. The molecule has 0 saturated heterocycles. The van der Waals surface area contributed by atoms with Gasteiger partial charge in [0.05, 0.1) is 10.7 Å².